The maximum atomic E-state index is 12.5. The van der Waals surface area contributed by atoms with E-state index >= 15 is 0 Å². The third kappa shape index (κ3) is 7.17. The number of likely N-dealkylation sites (N-methyl/N-ethyl adjacent to an activating group) is 2. The lowest BCUT2D eigenvalue weighted by atomic mass is 10.1. The number of hydrogen-bond donors (Lipinski definition) is 2. The van der Waals surface area contributed by atoms with Crippen LogP contribution in [0.3, 0.4) is 0 Å². The SMILES string of the molecule is CN(C)CCN(CCN(C)C)Cc1ccc(C(=O)NCc2nc3ccccc3[nH]2)cc1. The molecule has 31 heavy (non-hydrogen) atoms. The van der Waals surface area contributed by atoms with Gasteiger partial charge in [-0.2, -0.15) is 0 Å². The zero-order chi connectivity index (χ0) is 22.2. The summed E-state index contributed by atoms with van der Waals surface area (Å²) in [5, 5.41) is 2.95. The maximum Gasteiger partial charge on any atom is 0.251 e. The number of para-hydroxylation sites is 2. The minimum absolute atomic E-state index is 0.0934. The summed E-state index contributed by atoms with van der Waals surface area (Å²) in [6, 6.07) is 15.8. The van der Waals surface area contributed by atoms with Gasteiger partial charge in [-0.15, -0.1) is 0 Å². The Balaban J connectivity index is 1.55. The average molecular weight is 423 g/mol. The Morgan fingerprint density at radius 1 is 0.903 bits per heavy atom. The number of H-pyrrole nitrogens is 1. The highest BCUT2D eigenvalue weighted by molar-refractivity contribution is 5.94. The summed E-state index contributed by atoms with van der Waals surface area (Å²) in [6.07, 6.45) is 0. The summed E-state index contributed by atoms with van der Waals surface area (Å²) < 4.78 is 0. The Kier molecular flexibility index (Phi) is 8.17. The van der Waals surface area contributed by atoms with E-state index in [9.17, 15) is 4.79 Å². The number of nitrogens with zero attached hydrogens (tertiary/aromatic N) is 4. The normalized spacial score (nSPS) is 11.7. The van der Waals surface area contributed by atoms with Crippen LogP contribution in [0.4, 0.5) is 0 Å². The van der Waals surface area contributed by atoms with Gasteiger partial charge in [-0.1, -0.05) is 24.3 Å². The second-order valence-electron chi connectivity index (χ2n) is 8.46. The number of carbonyl (C=O) groups excluding carboxylic acids is 1. The second-order valence-corrected chi connectivity index (χ2v) is 8.46. The Hall–Kier alpha value is -2.74. The molecule has 0 unspecified atom stereocenters. The van der Waals surface area contributed by atoms with Gasteiger partial charge < -0.3 is 20.1 Å². The molecular formula is C24H34N6O. The van der Waals surface area contributed by atoms with Crippen LogP contribution in [-0.2, 0) is 13.1 Å². The van der Waals surface area contributed by atoms with E-state index in [1.165, 1.54) is 5.56 Å². The van der Waals surface area contributed by atoms with Crippen LogP contribution in [0.2, 0.25) is 0 Å². The van der Waals surface area contributed by atoms with E-state index in [0.29, 0.717) is 12.1 Å². The van der Waals surface area contributed by atoms with Crippen molar-refractivity contribution in [2.24, 2.45) is 0 Å². The van der Waals surface area contributed by atoms with Crippen LogP contribution in [0.15, 0.2) is 48.5 Å². The molecule has 1 heterocycles. The van der Waals surface area contributed by atoms with Crippen LogP contribution in [0.1, 0.15) is 21.7 Å². The molecule has 7 nitrogen and oxygen atoms in total. The molecule has 0 spiro atoms. The van der Waals surface area contributed by atoms with E-state index in [4.69, 9.17) is 0 Å². The molecule has 0 saturated carbocycles. The molecule has 0 aliphatic carbocycles. The number of aromatic amines is 1. The largest absolute Gasteiger partial charge is 0.345 e. The van der Waals surface area contributed by atoms with Crippen LogP contribution in [0.5, 0.6) is 0 Å². The van der Waals surface area contributed by atoms with Gasteiger partial charge >= 0.3 is 0 Å². The number of amides is 1. The number of fused-ring (bicyclic) bond motifs is 1. The van der Waals surface area contributed by atoms with Crippen molar-refractivity contribution in [1.82, 2.24) is 30.0 Å². The first-order valence-electron chi connectivity index (χ1n) is 10.7. The van der Waals surface area contributed by atoms with Gasteiger partial charge in [0.25, 0.3) is 5.91 Å². The van der Waals surface area contributed by atoms with E-state index in [0.717, 1.165) is 49.6 Å². The van der Waals surface area contributed by atoms with Crippen LogP contribution >= 0.6 is 0 Å². The lowest BCUT2D eigenvalue weighted by Crippen LogP contribution is -2.36. The van der Waals surface area contributed by atoms with E-state index in [1.54, 1.807) is 0 Å². The molecular weight excluding hydrogens is 388 g/mol. The second kappa shape index (κ2) is 11.0. The first kappa shape index (κ1) is 22.9. The quantitative estimate of drug-likeness (QED) is 0.497. The molecule has 0 fully saturated rings. The Morgan fingerprint density at radius 3 is 2.16 bits per heavy atom. The fourth-order valence-corrected chi connectivity index (χ4v) is 3.33. The lowest BCUT2D eigenvalue weighted by Gasteiger charge is -2.25. The summed E-state index contributed by atoms with van der Waals surface area (Å²) in [7, 11) is 8.40. The first-order chi connectivity index (χ1) is 14.9. The van der Waals surface area contributed by atoms with Gasteiger partial charge in [-0.25, -0.2) is 4.98 Å². The van der Waals surface area contributed by atoms with Gasteiger partial charge in [0, 0.05) is 38.3 Å². The van der Waals surface area contributed by atoms with Gasteiger partial charge in [-0.05, 0) is 58.0 Å². The van der Waals surface area contributed by atoms with Gasteiger partial charge in [-0.3, -0.25) is 9.69 Å². The zero-order valence-corrected chi connectivity index (χ0v) is 19.1. The monoisotopic (exact) mass is 422 g/mol. The summed E-state index contributed by atoms with van der Waals surface area (Å²) in [5.41, 5.74) is 3.76. The minimum Gasteiger partial charge on any atom is -0.345 e. The van der Waals surface area contributed by atoms with Crippen molar-refractivity contribution in [3.8, 4) is 0 Å². The molecule has 0 radical (unpaired) electrons. The van der Waals surface area contributed by atoms with Crippen molar-refractivity contribution in [2.45, 2.75) is 13.1 Å². The van der Waals surface area contributed by atoms with Crippen molar-refractivity contribution in [1.29, 1.82) is 0 Å². The number of aromatic nitrogens is 2. The highest BCUT2D eigenvalue weighted by Gasteiger charge is 2.10. The maximum absolute atomic E-state index is 12.5. The molecule has 3 rings (SSSR count). The molecule has 1 aromatic heterocycles. The summed E-state index contributed by atoms with van der Waals surface area (Å²) in [4.78, 5) is 27.2. The van der Waals surface area contributed by atoms with Crippen molar-refractivity contribution in [3.05, 3.63) is 65.5 Å². The Labute approximate surface area is 185 Å². The zero-order valence-electron chi connectivity index (χ0n) is 19.1. The summed E-state index contributed by atoms with van der Waals surface area (Å²) in [5.74, 6) is 0.660. The molecule has 166 valence electrons. The Morgan fingerprint density at radius 2 is 1.55 bits per heavy atom. The number of imidazole rings is 1. The standard InChI is InChI=1S/C24H34N6O/c1-28(2)13-15-30(16-14-29(3)4)18-19-9-11-20(12-10-19)24(31)25-17-23-26-21-7-5-6-8-22(21)27-23/h5-12H,13-18H2,1-4H3,(H,25,31)(H,26,27). The molecule has 1 amide bonds. The van der Waals surface area contributed by atoms with Gasteiger partial charge in [0.05, 0.1) is 17.6 Å². The predicted octanol–water partition coefficient (Wildman–Crippen LogP) is 2.42. The smallest absolute Gasteiger partial charge is 0.251 e. The van der Waals surface area contributed by atoms with Crippen molar-refractivity contribution < 1.29 is 4.79 Å². The van der Waals surface area contributed by atoms with Crippen LogP contribution in [0, 0.1) is 0 Å². The highest BCUT2D eigenvalue weighted by Crippen LogP contribution is 2.11. The average Bonchev–Trinajstić information content (AvgIpc) is 3.17. The van der Waals surface area contributed by atoms with Crippen molar-refractivity contribution >= 4 is 16.9 Å². The van der Waals surface area contributed by atoms with Gasteiger partial charge in [0.2, 0.25) is 0 Å². The number of benzene rings is 2. The van der Waals surface area contributed by atoms with Crippen molar-refractivity contribution in [2.75, 3.05) is 54.4 Å². The molecule has 2 aromatic carbocycles. The van der Waals surface area contributed by atoms with Gasteiger partial charge in [0.1, 0.15) is 5.82 Å². The van der Waals surface area contributed by atoms with Crippen LogP contribution in [0.25, 0.3) is 11.0 Å². The van der Waals surface area contributed by atoms with Crippen molar-refractivity contribution in [3.63, 3.8) is 0 Å². The number of carbonyl (C=O) groups is 1. The highest BCUT2D eigenvalue weighted by atomic mass is 16.1. The topological polar surface area (TPSA) is 67.5 Å². The predicted molar refractivity (Wildman–Crippen MR) is 126 cm³/mol. The van der Waals surface area contributed by atoms with E-state index in [-0.39, 0.29) is 5.91 Å². The van der Waals surface area contributed by atoms with Gasteiger partial charge in [0.15, 0.2) is 0 Å². The fraction of sp³-hybridized carbons (Fsp3) is 0.417. The fourth-order valence-electron chi connectivity index (χ4n) is 3.33. The number of rotatable bonds is 11. The lowest BCUT2D eigenvalue weighted by molar-refractivity contribution is 0.0950. The molecule has 0 aliphatic rings. The molecule has 2 N–H and O–H groups in total. The van der Waals surface area contributed by atoms with Crippen LogP contribution < -0.4 is 5.32 Å². The third-order valence-corrected chi connectivity index (χ3v) is 5.20. The molecule has 0 bridgehead atoms. The molecule has 0 atom stereocenters. The molecule has 0 aliphatic heterocycles. The number of nitrogens with one attached hydrogen (secondary N) is 2. The molecule has 7 heteroatoms. The van der Waals surface area contributed by atoms with E-state index < -0.39 is 0 Å². The Bertz CT molecular complexity index is 919. The third-order valence-electron chi connectivity index (χ3n) is 5.20. The first-order valence-corrected chi connectivity index (χ1v) is 10.7. The molecule has 0 saturated heterocycles. The van der Waals surface area contributed by atoms with Crippen LogP contribution in [-0.4, -0.2) is 84.9 Å². The summed E-state index contributed by atoms with van der Waals surface area (Å²) in [6.45, 7) is 5.33. The van der Waals surface area contributed by atoms with E-state index in [2.05, 4.69) is 70.3 Å². The van der Waals surface area contributed by atoms with E-state index in [1.807, 2.05) is 36.4 Å². The minimum atomic E-state index is -0.0934. The number of hydrogen-bond acceptors (Lipinski definition) is 5. The summed E-state index contributed by atoms with van der Waals surface area (Å²) >= 11 is 0. The molecule has 3 aromatic rings.